The average molecular weight is 320 g/mol. The molecule has 2 heterocycles. The number of benzene rings is 1. The lowest BCUT2D eigenvalue weighted by molar-refractivity contribution is -0.132. The van der Waals surface area contributed by atoms with Crippen molar-refractivity contribution in [3.8, 4) is 11.4 Å². The van der Waals surface area contributed by atoms with E-state index in [1.807, 2.05) is 30.0 Å². The highest BCUT2D eigenvalue weighted by molar-refractivity contribution is 6.30. The number of hydrogen-bond donors (Lipinski definition) is 0. The van der Waals surface area contributed by atoms with E-state index in [9.17, 15) is 4.79 Å². The summed E-state index contributed by atoms with van der Waals surface area (Å²) in [6.07, 6.45) is 2.46. The van der Waals surface area contributed by atoms with E-state index in [4.69, 9.17) is 16.1 Å². The largest absolute Gasteiger partial charge is 0.342 e. The average Bonchev–Trinajstić information content (AvgIpc) is 3.04. The van der Waals surface area contributed by atoms with Crippen LogP contribution in [0.25, 0.3) is 11.4 Å². The first-order valence-corrected chi connectivity index (χ1v) is 7.92. The maximum Gasteiger partial charge on any atom is 0.231 e. The van der Waals surface area contributed by atoms with E-state index in [0.29, 0.717) is 29.7 Å². The SMILES string of the molecule is CCC(=O)N1CCCC(c2nc(-c3cccc(Cl)c3)no2)C1. The van der Waals surface area contributed by atoms with Gasteiger partial charge in [-0.05, 0) is 25.0 Å². The molecule has 3 rings (SSSR count). The molecule has 1 aromatic heterocycles. The Morgan fingerprint density at radius 2 is 2.36 bits per heavy atom. The van der Waals surface area contributed by atoms with Crippen LogP contribution in [0, 0.1) is 0 Å². The van der Waals surface area contributed by atoms with E-state index in [0.717, 1.165) is 24.9 Å². The summed E-state index contributed by atoms with van der Waals surface area (Å²) in [6, 6.07) is 7.37. The van der Waals surface area contributed by atoms with Gasteiger partial charge >= 0.3 is 0 Å². The number of aromatic nitrogens is 2. The molecule has 1 atom stereocenters. The highest BCUT2D eigenvalue weighted by atomic mass is 35.5. The Morgan fingerprint density at radius 1 is 1.50 bits per heavy atom. The predicted molar refractivity (Wildman–Crippen MR) is 83.6 cm³/mol. The van der Waals surface area contributed by atoms with Gasteiger partial charge in [0.2, 0.25) is 17.6 Å². The predicted octanol–water partition coefficient (Wildman–Crippen LogP) is 3.51. The Labute approximate surface area is 134 Å². The van der Waals surface area contributed by atoms with Crippen LogP contribution >= 0.6 is 11.6 Å². The van der Waals surface area contributed by atoms with E-state index < -0.39 is 0 Å². The number of carbonyl (C=O) groups is 1. The van der Waals surface area contributed by atoms with Crippen LogP contribution < -0.4 is 0 Å². The number of hydrogen-bond acceptors (Lipinski definition) is 4. The molecule has 1 fully saturated rings. The van der Waals surface area contributed by atoms with Crippen LogP contribution in [-0.2, 0) is 4.79 Å². The highest BCUT2D eigenvalue weighted by Crippen LogP contribution is 2.28. The van der Waals surface area contributed by atoms with Gasteiger partial charge in [-0.2, -0.15) is 4.98 Å². The lowest BCUT2D eigenvalue weighted by Gasteiger charge is -2.30. The third-order valence-electron chi connectivity index (χ3n) is 3.95. The fraction of sp³-hybridized carbons (Fsp3) is 0.438. The maximum absolute atomic E-state index is 11.9. The fourth-order valence-electron chi connectivity index (χ4n) is 2.77. The molecule has 116 valence electrons. The smallest absolute Gasteiger partial charge is 0.231 e. The highest BCUT2D eigenvalue weighted by Gasteiger charge is 2.28. The minimum Gasteiger partial charge on any atom is -0.342 e. The molecule has 1 amide bonds. The summed E-state index contributed by atoms with van der Waals surface area (Å²) in [4.78, 5) is 18.2. The monoisotopic (exact) mass is 319 g/mol. The molecule has 2 aromatic rings. The van der Waals surface area contributed by atoms with Crippen molar-refractivity contribution in [2.75, 3.05) is 13.1 Å². The van der Waals surface area contributed by atoms with Crippen molar-refractivity contribution < 1.29 is 9.32 Å². The number of piperidine rings is 1. The maximum atomic E-state index is 11.9. The van der Waals surface area contributed by atoms with Crippen molar-refractivity contribution in [2.45, 2.75) is 32.1 Å². The lowest BCUT2D eigenvalue weighted by Crippen LogP contribution is -2.38. The minimum atomic E-state index is 0.115. The quantitative estimate of drug-likeness (QED) is 0.868. The van der Waals surface area contributed by atoms with Crippen LogP contribution in [-0.4, -0.2) is 34.0 Å². The zero-order valence-electron chi connectivity index (χ0n) is 12.5. The van der Waals surface area contributed by atoms with Crippen molar-refractivity contribution in [2.24, 2.45) is 0 Å². The lowest BCUT2D eigenvalue weighted by atomic mass is 9.97. The first-order chi connectivity index (χ1) is 10.7. The van der Waals surface area contributed by atoms with E-state index in [-0.39, 0.29) is 11.8 Å². The molecular weight excluding hydrogens is 302 g/mol. The Balaban J connectivity index is 1.77. The van der Waals surface area contributed by atoms with E-state index >= 15 is 0 Å². The molecule has 0 bridgehead atoms. The Morgan fingerprint density at radius 3 is 3.14 bits per heavy atom. The molecule has 1 aliphatic heterocycles. The number of carbonyl (C=O) groups excluding carboxylic acids is 1. The summed E-state index contributed by atoms with van der Waals surface area (Å²) in [7, 11) is 0. The summed E-state index contributed by atoms with van der Waals surface area (Å²) in [5.41, 5.74) is 0.833. The summed E-state index contributed by atoms with van der Waals surface area (Å²) < 4.78 is 5.42. The van der Waals surface area contributed by atoms with E-state index in [1.54, 1.807) is 6.07 Å². The molecule has 6 heteroatoms. The Bertz CT molecular complexity index is 671. The van der Waals surface area contributed by atoms with Gasteiger partial charge in [0.25, 0.3) is 0 Å². The molecule has 1 aromatic carbocycles. The van der Waals surface area contributed by atoms with Crippen molar-refractivity contribution in [1.82, 2.24) is 15.0 Å². The Kier molecular flexibility index (Phi) is 4.43. The van der Waals surface area contributed by atoms with Crippen LogP contribution in [0.1, 0.15) is 38.0 Å². The molecule has 0 radical (unpaired) electrons. The molecule has 0 aliphatic carbocycles. The molecule has 0 saturated carbocycles. The van der Waals surface area contributed by atoms with Crippen LogP contribution in [0.15, 0.2) is 28.8 Å². The van der Waals surface area contributed by atoms with Gasteiger partial charge in [-0.3, -0.25) is 4.79 Å². The van der Waals surface area contributed by atoms with E-state index in [1.165, 1.54) is 0 Å². The zero-order chi connectivity index (χ0) is 15.5. The van der Waals surface area contributed by atoms with Gasteiger partial charge < -0.3 is 9.42 Å². The van der Waals surface area contributed by atoms with Crippen LogP contribution in [0.3, 0.4) is 0 Å². The Hall–Kier alpha value is -1.88. The molecule has 1 unspecified atom stereocenters. The van der Waals surface area contributed by atoms with Crippen molar-refractivity contribution in [3.05, 3.63) is 35.2 Å². The first kappa shape index (κ1) is 15.0. The van der Waals surface area contributed by atoms with Gasteiger partial charge in [-0.15, -0.1) is 0 Å². The first-order valence-electron chi connectivity index (χ1n) is 7.54. The van der Waals surface area contributed by atoms with Crippen LogP contribution in [0.2, 0.25) is 5.02 Å². The normalized spacial score (nSPS) is 18.5. The number of nitrogens with zero attached hydrogens (tertiary/aromatic N) is 3. The number of amides is 1. The molecule has 0 N–H and O–H groups in total. The molecule has 5 nitrogen and oxygen atoms in total. The van der Waals surface area contributed by atoms with Gasteiger partial charge in [-0.1, -0.05) is 35.8 Å². The molecular formula is C16H18ClN3O2. The summed E-state index contributed by atoms with van der Waals surface area (Å²) in [6.45, 7) is 3.36. The zero-order valence-corrected chi connectivity index (χ0v) is 13.2. The topological polar surface area (TPSA) is 59.2 Å². The van der Waals surface area contributed by atoms with Gasteiger partial charge in [0.15, 0.2) is 0 Å². The van der Waals surface area contributed by atoms with Gasteiger partial charge in [0.1, 0.15) is 0 Å². The van der Waals surface area contributed by atoms with Crippen molar-refractivity contribution in [1.29, 1.82) is 0 Å². The standard InChI is InChI=1S/C16H18ClN3O2/c1-2-14(21)20-8-4-6-12(10-20)16-18-15(19-22-16)11-5-3-7-13(17)9-11/h3,5,7,9,12H,2,4,6,8,10H2,1H3. The second-order valence-corrected chi connectivity index (χ2v) is 5.94. The summed E-state index contributed by atoms with van der Waals surface area (Å²) in [5.74, 6) is 1.43. The second-order valence-electron chi connectivity index (χ2n) is 5.50. The van der Waals surface area contributed by atoms with Crippen molar-refractivity contribution in [3.63, 3.8) is 0 Å². The number of rotatable bonds is 3. The fourth-order valence-corrected chi connectivity index (χ4v) is 2.96. The second kappa shape index (κ2) is 6.48. The number of halogens is 1. The summed E-state index contributed by atoms with van der Waals surface area (Å²) in [5, 5.41) is 4.68. The molecule has 22 heavy (non-hydrogen) atoms. The van der Waals surface area contributed by atoms with Crippen LogP contribution in [0.5, 0.6) is 0 Å². The molecule has 0 spiro atoms. The molecule has 1 saturated heterocycles. The van der Waals surface area contributed by atoms with E-state index in [2.05, 4.69) is 10.1 Å². The third-order valence-corrected chi connectivity index (χ3v) is 4.19. The van der Waals surface area contributed by atoms with Crippen LogP contribution in [0.4, 0.5) is 0 Å². The summed E-state index contributed by atoms with van der Waals surface area (Å²) >= 11 is 5.99. The van der Waals surface area contributed by atoms with Gasteiger partial charge in [-0.25, -0.2) is 0 Å². The van der Waals surface area contributed by atoms with Crippen molar-refractivity contribution >= 4 is 17.5 Å². The van der Waals surface area contributed by atoms with Gasteiger partial charge in [0.05, 0.1) is 5.92 Å². The number of likely N-dealkylation sites (tertiary alicyclic amines) is 1. The van der Waals surface area contributed by atoms with Gasteiger partial charge in [0, 0.05) is 30.1 Å². The minimum absolute atomic E-state index is 0.115. The third kappa shape index (κ3) is 3.14. The molecule has 1 aliphatic rings.